The van der Waals surface area contributed by atoms with Crippen LogP contribution in [0.5, 0.6) is 5.75 Å². The number of aryl methyl sites for hydroxylation is 2. The Morgan fingerprint density at radius 2 is 1.76 bits per heavy atom. The summed E-state index contributed by atoms with van der Waals surface area (Å²) in [5.74, 6) is -0.456. The van der Waals surface area contributed by atoms with E-state index in [0.717, 1.165) is 12.1 Å². The maximum Gasteiger partial charge on any atom is 0.573 e. The molecule has 0 unspecified atom stereocenters. The van der Waals surface area contributed by atoms with Crippen LogP contribution in [0, 0.1) is 13.8 Å². The molecular formula is C16H15F3N2O4. The van der Waals surface area contributed by atoms with Crippen LogP contribution < -0.4 is 15.6 Å². The summed E-state index contributed by atoms with van der Waals surface area (Å²) in [5.41, 5.74) is 5.22. The molecule has 134 valence electrons. The van der Waals surface area contributed by atoms with Gasteiger partial charge in [-0.05, 0) is 37.6 Å². The van der Waals surface area contributed by atoms with Crippen LogP contribution in [-0.2, 0) is 11.2 Å². The Morgan fingerprint density at radius 3 is 2.28 bits per heavy atom. The molecule has 6 nitrogen and oxygen atoms in total. The van der Waals surface area contributed by atoms with Crippen molar-refractivity contribution in [2.45, 2.75) is 26.6 Å². The molecule has 0 spiro atoms. The quantitative estimate of drug-likeness (QED) is 0.826. The fourth-order valence-electron chi connectivity index (χ4n) is 2.09. The Bertz CT molecular complexity index is 767. The van der Waals surface area contributed by atoms with E-state index < -0.39 is 18.2 Å². The summed E-state index contributed by atoms with van der Waals surface area (Å²) >= 11 is 0. The normalized spacial score (nSPS) is 11.1. The van der Waals surface area contributed by atoms with Gasteiger partial charge in [-0.1, -0.05) is 12.1 Å². The number of carbonyl (C=O) groups excluding carboxylic acids is 2. The molecule has 1 heterocycles. The number of nitrogens with one attached hydrogen (secondary N) is 2. The molecule has 0 atom stereocenters. The molecule has 2 amide bonds. The van der Waals surface area contributed by atoms with Crippen molar-refractivity contribution in [3.8, 4) is 5.75 Å². The van der Waals surface area contributed by atoms with Crippen LogP contribution >= 0.6 is 0 Å². The van der Waals surface area contributed by atoms with E-state index in [-0.39, 0.29) is 12.2 Å². The van der Waals surface area contributed by atoms with Crippen molar-refractivity contribution in [1.82, 2.24) is 10.9 Å². The Labute approximate surface area is 140 Å². The fraction of sp³-hybridized carbons (Fsp3) is 0.250. The summed E-state index contributed by atoms with van der Waals surface area (Å²) in [5, 5.41) is 0. The van der Waals surface area contributed by atoms with Gasteiger partial charge in [-0.25, -0.2) is 0 Å². The van der Waals surface area contributed by atoms with Crippen LogP contribution in [0.4, 0.5) is 13.2 Å². The molecule has 0 aliphatic heterocycles. The SMILES string of the molecule is Cc1cc(C(=O)NNC(=O)Cc2ccc(OC(F)(F)F)cc2)c(C)o1. The maximum absolute atomic E-state index is 12.1. The molecule has 0 aliphatic carbocycles. The van der Waals surface area contributed by atoms with E-state index in [1.54, 1.807) is 13.8 Å². The Hall–Kier alpha value is -2.97. The maximum atomic E-state index is 12.1. The summed E-state index contributed by atoms with van der Waals surface area (Å²) in [7, 11) is 0. The van der Waals surface area contributed by atoms with Crippen LogP contribution in [0.2, 0.25) is 0 Å². The molecule has 0 radical (unpaired) electrons. The predicted octanol–water partition coefficient (Wildman–Crippen LogP) is 2.80. The first-order chi connectivity index (χ1) is 11.6. The summed E-state index contributed by atoms with van der Waals surface area (Å²) in [4.78, 5) is 23.7. The van der Waals surface area contributed by atoms with Gasteiger partial charge >= 0.3 is 6.36 Å². The number of halogens is 3. The highest BCUT2D eigenvalue weighted by molar-refractivity contribution is 5.96. The number of carbonyl (C=O) groups is 2. The number of ether oxygens (including phenoxy) is 1. The number of rotatable bonds is 4. The van der Waals surface area contributed by atoms with E-state index >= 15 is 0 Å². The molecule has 1 aromatic carbocycles. The first-order valence-electron chi connectivity index (χ1n) is 7.15. The van der Waals surface area contributed by atoms with Crippen molar-refractivity contribution >= 4 is 11.8 Å². The zero-order chi connectivity index (χ0) is 18.6. The lowest BCUT2D eigenvalue weighted by molar-refractivity contribution is -0.274. The van der Waals surface area contributed by atoms with Gasteiger partial charge < -0.3 is 9.15 Å². The zero-order valence-electron chi connectivity index (χ0n) is 13.4. The number of hydrogen-bond acceptors (Lipinski definition) is 4. The van der Waals surface area contributed by atoms with E-state index in [4.69, 9.17) is 4.42 Å². The smallest absolute Gasteiger partial charge is 0.466 e. The molecule has 1 aromatic heterocycles. The van der Waals surface area contributed by atoms with Crippen LogP contribution in [0.3, 0.4) is 0 Å². The van der Waals surface area contributed by atoms with Gasteiger partial charge in [0.2, 0.25) is 5.91 Å². The van der Waals surface area contributed by atoms with Gasteiger partial charge in [-0.2, -0.15) is 0 Å². The third-order valence-electron chi connectivity index (χ3n) is 3.12. The molecule has 9 heteroatoms. The van der Waals surface area contributed by atoms with Crippen LogP contribution in [-0.4, -0.2) is 18.2 Å². The minimum absolute atomic E-state index is 0.129. The second-order valence-electron chi connectivity index (χ2n) is 5.20. The number of alkyl halides is 3. The molecule has 0 aliphatic rings. The summed E-state index contributed by atoms with van der Waals surface area (Å²) < 4.78 is 45.1. The molecule has 2 aromatic rings. The summed E-state index contributed by atoms with van der Waals surface area (Å²) in [6.07, 6.45) is -4.90. The number of furan rings is 1. The average molecular weight is 356 g/mol. The van der Waals surface area contributed by atoms with Crippen molar-refractivity contribution in [3.63, 3.8) is 0 Å². The third-order valence-corrected chi connectivity index (χ3v) is 3.12. The van der Waals surface area contributed by atoms with Crippen molar-refractivity contribution < 1.29 is 31.9 Å². The molecule has 25 heavy (non-hydrogen) atoms. The lowest BCUT2D eigenvalue weighted by Gasteiger charge is -2.10. The van der Waals surface area contributed by atoms with Gasteiger partial charge in [0.1, 0.15) is 17.3 Å². The fourth-order valence-corrected chi connectivity index (χ4v) is 2.09. The van der Waals surface area contributed by atoms with Crippen molar-refractivity contribution in [3.05, 3.63) is 53.0 Å². The molecule has 0 bridgehead atoms. The highest BCUT2D eigenvalue weighted by atomic mass is 19.4. The van der Waals surface area contributed by atoms with Crippen molar-refractivity contribution in [2.24, 2.45) is 0 Å². The minimum atomic E-state index is -4.77. The van der Waals surface area contributed by atoms with Crippen LogP contribution in [0.1, 0.15) is 27.4 Å². The van der Waals surface area contributed by atoms with Gasteiger partial charge in [0.05, 0.1) is 12.0 Å². The van der Waals surface area contributed by atoms with Gasteiger partial charge in [0.15, 0.2) is 0 Å². The first-order valence-corrected chi connectivity index (χ1v) is 7.15. The number of hydrazine groups is 1. The van der Waals surface area contributed by atoms with E-state index in [9.17, 15) is 22.8 Å². The van der Waals surface area contributed by atoms with Gasteiger partial charge in [-0.3, -0.25) is 20.4 Å². The van der Waals surface area contributed by atoms with E-state index in [2.05, 4.69) is 15.6 Å². The predicted molar refractivity (Wildman–Crippen MR) is 80.6 cm³/mol. The molecular weight excluding hydrogens is 341 g/mol. The molecule has 0 fully saturated rings. The second kappa shape index (κ2) is 7.29. The standard InChI is InChI=1S/C16H15F3N2O4/c1-9-7-13(10(2)24-9)15(23)21-20-14(22)8-11-3-5-12(6-4-11)25-16(17,18)19/h3-7H,8H2,1-2H3,(H,20,22)(H,21,23). The topological polar surface area (TPSA) is 80.6 Å². The van der Waals surface area contributed by atoms with Crippen LogP contribution in [0.25, 0.3) is 0 Å². The van der Waals surface area contributed by atoms with Gasteiger partial charge in [-0.15, -0.1) is 13.2 Å². The molecule has 2 rings (SSSR count). The molecule has 0 saturated heterocycles. The highest BCUT2D eigenvalue weighted by Crippen LogP contribution is 2.22. The highest BCUT2D eigenvalue weighted by Gasteiger charge is 2.30. The Morgan fingerprint density at radius 1 is 1.12 bits per heavy atom. The number of hydrogen-bond donors (Lipinski definition) is 2. The monoisotopic (exact) mass is 356 g/mol. The lowest BCUT2D eigenvalue weighted by atomic mass is 10.1. The number of amides is 2. The Kier molecular flexibility index (Phi) is 5.35. The third kappa shape index (κ3) is 5.55. The Balaban J connectivity index is 1.86. The molecule has 0 saturated carbocycles. The second-order valence-corrected chi connectivity index (χ2v) is 5.20. The van der Waals surface area contributed by atoms with Crippen molar-refractivity contribution in [1.29, 1.82) is 0 Å². The average Bonchev–Trinajstić information content (AvgIpc) is 2.84. The van der Waals surface area contributed by atoms with Crippen molar-refractivity contribution in [2.75, 3.05) is 0 Å². The molecule has 2 N–H and O–H groups in total. The lowest BCUT2D eigenvalue weighted by Crippen LogP contribution is -2.42. The van der Waals surface area contributed by atoms with Crippen LogP contribution in [0.15, 0.2) is 34.7 Å². The number of benzene rings is 1. The first kappa shape index (κ1) is 18.4. The van der Waals surface area contributed by atoms with E-state index in [1.165, 1.54) is 18.2 Å². The van der Waals surface area contributed by atoms with E-state index in [1.807, 2.05) is 0 Å². The van der Waals surface area contributed by atoms with Gasteiger partial charge in [0.25, 0.3) is 5.91 Å². The zero-order valence-corrected chi connectivity index (χ0v) is 13.4. The van der Waals surface area contributed by atoms with Gasteiger partial charge in [0, 0.05) is 0 Å². The summed E-state index contributed by atoms with van der Waals surface area (Å²) in [6, 6.07) is 6.40. The minimum Gasteiger partial charge on any atom is -0.466 e. The summed E-state index contributed by atoms with van der Waals surface area (Å²) in [6.45, 7) is 3.31. The largest absolute Gasteiger partial charge is 0.573 e. The van der Waals surface area contributed by atoms with E-state index in [0.29, 0.717) is 22.6 Å².